The van der Waals surface area contributed by atoms with Crippen LogP contribution in [0.15, 0.2) is 0 Å². The molecule has 0 amide bonds. The molecule has 0 radical (unpaired) electrons. The topological polar surface area (TPSA) is 57.2 Å². The van der Waals surface area contributed by atoms with E-state index in [2.05, 4.69) is 13.8 Å². The highest BCUT2D eigenvalue weighted by atomic mass is 16.7. The molecule has 6 aliphatic rings. The van der Waals surface area contributed by atoms with E-state index < -0.39 is 0 Å². The Hall–Kier alpha value is -0.200. The van der Waals surface area contributed by atoms with Gasteiger partial charge in [-0.2, -0.15) is 0 Å². The van der Waals surface area contributed by atoms with Crippen molar-refractivity contribution in [1.82, 2.24) is 0 Å². The molecule has 2 heterocycles. The summed E-state index contributed by atoms with van der Waals surface area (Å²) in [5.41, 5.74) is 0.335. The van der Waals surface area contributed by atoms with Crippen LogP contribution >= 0.6 is 0 Å². The molecule has 158 valence electrons. The van der Waals surface area contributed by atoms with Crippen molar-refractivity contribution in [2.45, 2.75) is 82.9 Å². The van der Waals surface area contributed by atoms with E-state index in [1.54, 1.807) is 0 Å². The van der Waals surface area contributed by atoms with Gasteiger partial charge < -0.3 is 24.1 Å². The predicted molar refractivity (Wildman–Crippen MR) is 102 cm³/mol. The second-order valence-electron chi connectivity index (χ2n) is 11.1. The summed E-state index contributed by atoms with van der Waals surface area (Å²) < 4.78 is 24.6. The van der Waals surface area contributed by atoms with E-state index in [0.717, 1.165) is 71.4 Å². The highest BCUT2D eigenvalue weighted by molar-refractivity contribution is 5.15. The van der Waals surface area contributed by atoms with Gasteiger partial charge in [0.15, 0.2) is 11.6 Å². The molecule has 1 N–H and O–H groups in total. The third kappa shape index (κ3) is 2.21. The van der Waals surface area contributed by atoms with Crippen LogP contribution in [0.1, 0.15) is 65.2 Å². The Bertz CT molecular complexity index is 639. The maximum atomic E-state index is 11.4. The molecule has 4 saturated carbocycles. The number of aliphatic hydroxyl groups excluding tert-OH is 1. The van der Waals surface area contributed by atoms with Crippen molar-refractivity contribution in [1.29, 1.82) is 0 Å². The Labute approximate surface area is 168 Å². The van der Waals surface area contributed by atoms with Gasteiger partial charge in [-0.3, -0.25) is 0 Å². The zero-order valence-corrected chi connectivity index (χ0v) is 17.5. The largest absolute Gasteiger partial charge is 0.393 e. The smallest absolute Gasteiger partial charge is 0.174 e. The molecule has 5 nitrogen and oxygen atoms in total. The first-order valence-corrected chi connectivity index (χ1v) is 11.7. The lowest BCUT2D eigenvalue weighted by atomic mass is 9.44. The summed E-state index contributed by atoms with van der Waals surface area (Å²) in [6.45, 7) is 7.80. The summed E-state index contributed by atoms with van der Waals surface area (Å²) in [5, 5.41) is 11.4. The molecule has 0 aromatic carbocycles. The van der Waals surface area contributed by atoms with Gasteiger partial charge >= 0.3 is 0 Å². The van der Waals surface area contributed by atoms with Crippen LogP contribution in [0.3, 0.4) is 0 Å². The number of fused-ring (bicyclic) bond motifs is 6. The molecule has 0 bridgehead atoms. The van der Waals surface area contributed by atoms with E-state index in [-0.39, 0.29) is 23.1 Å². The normalized spacial score (nSPS) is 53.9. The van der Waals surface area contributed by atoms with Crippen molar-refractivity contribution < 1.29 is 24.1 Å². The lowest BCUT2D eigenvalue weighted by Crippen LogP contribution is -2.61. The van der Waals surface area contributed by atoms with E-state index >= 15 is 0 Å². The van der Waals surface area contributed by atoms with Crippen LogP contribution in [-0.2, 0) is 18.9 Å². The summed E-state index contributed by atoms with van der Waals surface area (Å²) >= 11 is 0. The van der Waals surface area contributed by atoms with Crippen LogP contribution in [0.25, 0.3) is 0 Å². The molecule has 5 heteroatoms. The van der Waals surface area contributed by atoms with E-state index in [4.69, 9.17) is 18.9 Å². The van der Waals surface area contributed by atoms with Crippen LogP contribution < -0.4 is 0 Å². The zero-order chi connectivity index (χ0) is 19.2. The summed E-state index contributed by atoms with van der Waals surface area (Å²) in [5.74, 6) is 1.23. The van der Waals surface area contributed by atoms with Gasteiger partial charge in [0, 0.05) is 24.7 Å². The van der Waals surface area contributed by atoms with Gasteiger partial charge in [0.25, 0.3) is 0 Å². The SMILES string of the molecule is C[C@]12CCC3(CC1C[C@@H](O)[C@@H]1[C@@H]2CC[C@@]2(C)[C@H]1CCC21OCCO1)OCCO3. The first-order valence-electron chi connectivity index (χ1n) is 11.7. The van der Waals surface area contributed by atoms with Crippen molar-refractivity contribution in [3.63, 3.8) is 0 Å². The molecular formula is C23H36O5. The molecule has 28 heavy (non-hydrogen) atoms. The summed E-state index contributed by atoms with van der Waals surface area (Å²) in [6, 6.07) is 0. The van der Waals surface area contributed by atoms with Crippen LogP contribution in [0, 0.1) is 34.5 Å². The fourth-order valence-electron chi connectivity index (χ4n) is 8.81. The summed E-state index contributed by atoms with van der Waals surface area (Å²) in [4.78, 5) is 0. The number of hydrogen-bond acceptors (Lipinski definition) is 5. The van der Waals surface area contributed by atoms with Gasteiger partial charge in [-0.1, -0.05) is 13.8 Å². The average molecular weight is 393 g/mol. The van der Waals surface area contributed by atoms with E-state index in [0.29, 0.717) is 29.1 Å². The lowest BCUT2D eigenvalue weighted by molar-refractivity contribution is -0.269. The molecule has 7 atom stereocenters. The molecule has 0 aromatic heterocycles. The molecule has 1 unspecified atom stereocenters. The van der Waals surface area contributed by atoms with Crippen molar-refractivity contribution >= 4 is 0 Å². The Morgan fingerprint density at radius 3 is 2.21 bits per heavy atom. The Morgan fingerprint density at radius 1 is 0.786 bits per heavy atom. The predicted octanol–water partition coefficient (Wildman–Crippen LogP) is 3.49. The fraction of sp³-hybridized carbons (Fsp3) is 1.00. The second kappa shape index (κ2) is 5.94. The minimum atomic E-state index is -0.387. The quantitative estimate of drug-likeness (QED) is 0.684. The minimum absolute atomic E-state index is 0.0441. The van der Waals surface area contributed by atoms with E-state index in [9.17, 15) is 5.11 Å². The van der Waals surface area contributed by atoms with Crippen LogP contribution in [0.5, 0.6) is 0 Å². The Kier molecular flexibility index (Phi) is 3.94. The number of hydrogen-bond donors (Lipinski definition) is 1. The molecule has 2 aliphatic heterocycles. The van der Waals surface area contributed by atoms with Crippen LogP contribution in [0.2, 0.25) is 0 Å². The molecule has 0 aromatic rings. The van der Waals surface area contributed by atoms with E-state index in [1.165, 1.54) is 6.42 Å². The van der Waals surface area contributed by atoms with Crippen molar-refractivity contribution in [2.75, 3.05) is 26.4 Å². The zero-order valence-electron chi connectivity index (χ0n) is 17.5. The van der Waals surface area contributed by atoms with Gasteiger partial charge in [-0.05, 0) is 61.2 Å². The van der Waals surface area contributed by atoms with Gasteiger partial charge in [0.05, 0.1) is 32.5 Å². The maximum absolute atomic E-state index is 11.4. The lowest BCUT2D eigenvalue weighted by Gasteiger charge is -2.63. The highest BCUT2D eigenvalue weighted by Crippen LogP contribution is 2.70. The minimum Gasteiger partial charge on any atom is -0.393 e. The highest BCUT2D eigenvalue weighted by Gasteiger charge is 2.69. The molecule has 2 spiro atoms. The van der Waals surface area contributed by atoms with Crippen LogP contribution in [-0.4, -0.2) is 49.2 Å². The maximum Gasteiger partial charge on any atom is 0.174 e. The molecular weight excluding hydrogens is 356 g/mol. The van der Waals surface area contributed by atoms with Gasteiger partial charge in [-0.15, -0.1) is 0 Å². The Morgan fingerprint density at radius 2 is 1.46 bits per heavy atom. The molecule has 6 fully saturated rings. The number of ether oxygens (including phenoxy) is 4. The molecule has 2 saturated heterocycles. The number of aliphatic hydroxyl groups is 1. The van der Waals surface area contributed by atoms with Crippen molar-refractivity contribution in [2.24, 2.45) is 34.5 Å². The molecule has 6 rings (SSSR count). The number of rotatable bonds is 0. The second-order valence-corrected chi connectivity index (χ2v) is 11.1. The van der Waals surface area contributed by atoms with Crippen molar-refractivity contribution in [3.05, 3.63) is 0 Å². The summed E-state index contributed by atoms with van der Waals surface area (Å²) in [7, 11) is 0. The standard InChI is InChI=1S/C23H36O5/c1-20-7-8-22(25-9-10-26-22)14-15(20)13-18(24)19-16(20)3-5-21(2)17(19)4-6-23(21)27-11-12-28-23/h15-19,24H,3-14H2,1-2H3/t15?,16-,17-,18+,19+,20-,21-/m0/s1. The monoisotopic (exact) mass is 392 g/mol. The van der Waals surface area contributed by atoms with Gasteiger partial charge in [0.1, 0.15) is 0 Å². The third-order valence-electron chi connectivity index (χ3n) is 10.3. The van der Waals surface area contributed by atoms with Gasteiger partial charge in [-0.25, -0.2) is 0 Å². The summed E-state index contributed by atoms with van der Waals surface area (Å²) in [6.07, 6.45) is 8.28. The third-order valence-corrected chi connectivity index (χ3v) is 10.3. The first-order chi connectivity index (χ1) is 13.4. The Balaban J connectivity index is 1.31. The first kappa shape index (κ1) is 18.6. The molecule has 4 aliphatic carbocycles. The van der Waals surface area contributed by atoms with Gasteiger partial charge in [0.2, 0.25) is 0 Å². The van der Waals surface area contributed by atoms with E-state index in [1.807, 2.05) is 0 Å². The average Bonchev–Trinajstić information content (AvgIpc) is 3.39. The fourth-order valence-corrected chi connectivity index (χ4v) is 8.81. The van der Waals surface area contributed by atoms with Crippen LogP contribution in [0.4, 0.5) is 0 Å². The van der Waals surface area contributed by atoms with Crippen molar-refractivity contribution in [3.8, 4) is 0 Å².